The molecule has 26 heavy (non-hydrogen) atoms. The Morgan fingerprint density at radius 1 is 1.15 bits per heavy atom. The molecule has 3 N–H and O–H groups in total. The van der Waals surface area contributed by atoms with Crippen LogP contribution in [-0.4, -0.2) is 27.5 Å². The number of amides is 1. The number of sulfonamides is 1. The molecule has 0 spiro atoms. The van der Waals surface area contributed by atoms with Crippen molar-refractivity contribution in [1.29, 1.82) is 0 Å². The van der Waals surface area contributed by atoms with Crippen LogP contribution in [0.15, 0.2) is 53.4 Å². The molecule has 140 valence electrons. The van der Waals surface area contributed by atoms with Crippen molar-refractivity contribution in [3.8, 4) is 5.75 Å². The van der Waals surface area contributed by atoms with Crippen LogP contribution < -0.4 is 15.2 Å². The van der Waals surface area contributed by atoms with Crippen LogP contribution in [0, 0.1) is 6.92 Å². The molecule has 0 bridgehead atoms. The monoisotopic (exact) mass is 376 g/mol. The summed E-state index contributed by atoms with van der Waals surface area (Å²) in [6.07, 6.45) is 1.66. The summed E-state index contributed by atoms with van der Waals surface area (Å²) in [4.78, 5) is 11.9. The third kappa shape index (κ3) is 6.85. The summed E-state index contributed by atoms with van der Waals surface area (Å²) in [7, 11) is -3.67. The van der Waals surface area contributed by atoms with E-state index in [0.29, 0.717) is 32.4 Å². The van der Waals surface area contributed by atoms with Crippen molar-refractivity contribution < 1.29 is 17.9 Å². The number of nitrogens with two attached hydrogens (primary N) is 1. The van der Waals surface area contributed by atoms with Crippen LogP contribution in [0.1, 0.15) is 24.0 Å². The first-order valence-corrected chi connectivity index (χ1v) is 9.97. The van der Waals surface area contributed by atoms with Gasteiger partial charge in [0.2, 0.25) is 15.9 Å². The summed E-state index contributed by atoms with van der Waals surface area (Å²) in [5, 5.41) is 7.90. The number of hydrogen-bond donors (Lipinski definition) is 2. The Morgan fingerprint density at radius 2 is 1.88 bits per heavy atom. The minimum atomic E-state index is -3.67. The topological polar surface area (TPSA) is 98.5 Å². The third-order valence-corrected chi connectivity index (χ3v) is 4.72. The molecule has 0 saturated carbocycles. The lowest BCUT2D eigenvalue weighted by Crippen LogP contribution is -2.25. The number of hydrogen-bond acceptors (Lipinski definition) is 4. The standard InChI is InChI=1S/C19H24N2O4S/c1-15-4-2-5-17(14-15)25-13-3-6-19(22)21-12-11-16-7-9-18(10-8-16)26(20,23)24/h2,4-5,7-10,14H,3,6,11-13H2,1H3,(H,21,22)(H2,20,23,24). The lowest BCUT2D eigenvalue weighted by molar-refractivity contribution is -0.121. The van der Waals surface area contributed by atoms with E-state index in [1.54, 1.807) is 12.1 Å². The summed E-state index contributed by atoms with van der Waals surface area (Å²) in [6.45, 7) is 2.99. The smallest absolute Gasteiger partial charge is 0.238 e. The molecule has 2 aromatic rings. The van der Waals surface area contributed by atoms with Crippen LogP contribution in [0.2, 0.25) is 0 Å². The number of nitrogens with one attached hydrogen (secondary N) is 1. The molecule has 0 aliphatic heterocycles. The van der Waals surface area contributed by atoms with Crippen LogP contribution in [0.25, 0.3) is 0 Å². The van der Waals surface area contributed by atoms with E-state index in [1.165, 1.54) is 12.1 Å². The van der Waals surface area contributed by atoms with Crippen molar-refractivity contribution in [3.05, 3.63) is 59.7 Å². The van der Waals surface area contributed by atoms with Gasteiger partial charge in [0.15, 0.2) is 0 Å². The Balaban J connectivity index is 1.63. The average molecular weight is 376 g/mol. The van der Waals surface area contributed by atoms with Crippen LogP contribution in [0.5, 0.6) is 5.75 Å². The first-order valence-electron chi connectivity index (χ1n) is 8.42. The normalized spacial score (nSPS) is 11.2. The van der Waals surface area contributed by atoms with E-state index in [1.807, 2.05) is 31.2 Å². The molecule has 0 radical (unpaired) electrons. The Morgan fingerprint density at radius 3 is 2.54 bits per heavy atom. The number of aryl methyl sites for hydroxylation is 1. The fraction of sp³-hybridized carbons (Fsp3) is 0.316. The van der Waals surface area contributed by atoms with Crippen molar-refractivity contribution in [3.63, 3.8) is 0 Å². The lowest BCUT2D eigenvalue weighted by atomic mass is 10.1. The van der Waals surface area contributed by atoms with E-state index in [9.17, 15) is 13.2 Å². The molecule has 0 saturated heterocycles. The number of benzene rings is 2. The largest absolute Gasteiger partial charge is 0.494 e. The third-order valence-electron chi connectivity index (χ3n) is 3.79. The summed E-state index contributed by atoms with van der Waals surface area (Å²) in [5.74, 6) is 0.785. The van der Waals surface area contributed by atoms with Gasteiger partial charge in [-0.3, -0.25) is 4.79 Å². The summed E-state index contributed by atoms with van der Waals surface area (Å²) < 4.78 is 28.0. The minimum absolute atomic E-state index is 0.0287. The van der Waals surface area contributed by atoms with Crippen LogP contribution in [0.4, 0.5) is 0 Å². The van der Waals surface area contributed by atoms with Gasteiger partial charge in [-0.15, -0.1) is 0 Å². The zero-order valence-corrected chi connectivity index (χ0v) is 15.6. The molecule has 0 atom stereocenters. The molecule has 0 fully saturated rings. The first-order chi connectivity index (χ1) is 12.3. The summed E-state index contributed by atoms with van der Waals surface area (Å²) in [5.41, 5.74) is 2.07. The fourth-order valence-electron chi connectivity index (χ4n) is 2.41. The second-order valence-corrected chi connectivity index (χ2v) is 7.62. The molecule has 0 aliphatic carbocycles. The Hall–Kier alpha value is -2.38. The molecular formula is C19H24N2O4S. The molecule has 0 unspecified atom stereocenters. The van der Waals surface area contributed by atoms with Gasteiger partial charge in [0, 0.05) is 13.0 Å². The SMILES string of the molecule is Cc1cccc(OCCCC(=O)NCCc2ccc(S(N)(=O)=O)cc2)c1. The van der Waals surface area contributed by atoms with Crippen molar-refractivity contribution in [2.75, 3.05) is 13.2 Å². The van der Waals surface area contributed by atoms with Crippen molar-refractivity contribution in [2.24, 2.45) is 5.14 Å². The first kappa shape index (κ1) is 19.9. The van der Waals surface area contributed by atoms with Gasteiger partial charge >= 0.3 is 0 Å². The molecule has 2 aromatic carbocycles. The zero-order valence-electron chi connectivity index (χ0n) is 14.8. The van der Waals surface area contributed by atoms with Gasteiger partial charge in [-0.25, -0.2) is 13.6 Å². The fourth-order valence-corrected chi connectivity index (χ4v) is 2.92. The Bertz CT molecular complexity index is 833. The second-order valence-electron chi connectivity index (χ2n) is 6.06. The molecule has 2 rings (SSSR count). The van der Waals surface area contributed by atoms with Gasteiger partial charge in [0.25, 0.3) is 0 Å². The molecule has 0 aromatic heterocycles. The highest BCUT2D eigenvalue weighted by Crippen LogP contribution is 2.12. The van der Waals surface area contributed by atoms with E-state index in [-0.39, 0.29) is 10.8 Å². The van der Waals surface area contributed by atoms with Gasteiger partial charge in [-0.05, 0) is 55.2 Å². The van der Waals surface area contributed by atoms with Crippen molar-refractivity contribution >= 4 is 15.9 Å². The van der Waals surface area contributed by atoms with Gasteiger partial charge in [-0.2, -0.15) is 0 Å². The highest BCUT2D eigenvalue weighted by molar-refractivity contribution is 7.89. The average Bonchev–Trinajstić information content (AvgIpc) is 2.58. The maximum atomic E-state index is 11.8. The quantitative estimate of drug-likeness (QED) is 0.655. The van der Waals surface area contributed by atoms with Crippen LogP contribution in [0.3, 0.4) is 0 Å². The molecule has 7 heteroatoms. The van der Waals surface area contributed by atoms with E-state index < -0.39 is 10.0 Å². The van der Waals surface area contributed by atoms with Gasteiger partial charge in [0.05, 0.1) is 11.5 Å². The summed E-state index contributed by atoms with van der Waals surface area (Å²) >= 11 is 0. The Kier molecular flexibility index (Phi) is 7.17. The molecule has 0 aliphatic rings. The lowest BCUT2D eigenvalue weighted by Gasteiger charge is -2.08. The molecule has 1 amide bonds. The summed E-state index contributed by atoms with van der Waals surface area (Å²) in [6, 6.07) is 14.1. The number of carbonyl (C=O) groups excluding carboxylic acids is 1. The predicted octanol–water partition coefficient (Wildman–Crippen LogP) is 2.16. The van der Waals surface area contributed by atoms with Crippen molar-refractivity contribution in [2.45, 2.75) is 31.1 Å². The van der Waals surface area contributed by atoms with E-state index in [4.69, 9.17) is 9.88 Å². The highest BCUT2D eigenvalue weighted by Gasteiger charge is 2.07. The maximum Gasteiger partial charge on any atom is 0.238 e. The predicted molar refractivity (Wildman–Crippen MR) is 100 cm³/mol. The Labute approximate surface area is 154 Å². The molecular weight excluding hydrogens is 352 g/mol. The van der Waals surface area contributed by atoms with Crippen LogP contribution in [-0.2, 0) is 21.2 Å². The van der Waals surface area contributed by atoms with Crippen molar-refractivity contribution in [1.82, 2.24) is 5.32 Å². The van der Waals surface area contributed by atoms with E-state index >= 15 is 0 Å². The minimum Gasteiger partial charge on any atom is -0.494 e. The number of primary sulfonamides is 1. The number of rotatable bonds is 9. The molecule has 0 heterocycles. The number of ether oxygens (including phenoxy) is 1. The highest BCUT2D eigenvalue weighted by atomic mass is 32.2. The molecule has 6 nitrogen and oxygen atoms in total. The number of carbonyl (C=O) groups is 1. The second kappa shape index (κ2) is 9.35. The van der Waals surface area contributed by atoms with Gasteiger partial charge < -0.3 is 10.1 Å². The zero-order chi connectivity index (χ0) is 19.0. The van der Waals surface area contributed by atoms with Gasteiger partial charge in [-0.1, -0.05) is 24.3 Å². The van der Waals surface area contributed by atoms with Crippen LogP contribution >= 0.6 is 0 Å². The van der Waals surface area contributed by atoms with E-state index in [2.05, 4.69) is 5.32 Å². The van der Waals surface area contributed by atoms with Gasteiger partial charge in [0.1, 0.15) is 5.75 Å². The maximum absolute atomic E-state index is 11.8. The van der Waals surface area contributed by atoms with E-state index in [0.717, 1.165) is 16.9 Å².